The Balaban J connectivity index is 2.37. The molecule has 0 heterocycles. The van der Waals surface area contributed by atoms with Crippen molar-refractivity contribution in [3.8, 4) is 0 Å². The van der Waals surface area contributed by atoms with Gasteiger partial charge in [0.2, 0.25) is 0 Å². The minimum atomic E-state index is -0.150. The van der Waals surface area contributed by atoms with Gasteiger partial charge in [0, 0.05) is 8.59 Å². The third-order valence-corrected chi connectivity index (χ3v) is 4.06. The normalized spacial score (nSPS) is 16.9. The third-order valence-electron chi connectivity index (χ3n) is 2.84. The molecule has 0 spiro atoms. The minimum Gasteiger partial charge on any atom is -0.469 e. The van der Waals surface area contributed by atoms with Crippen LogP contribution in [-0.4, -0.2) is 13.1 Å². The van der Waals surface area contributed by atoms with Crippen molar-refractivity contribution in [3.63, 3.8) is 0 Å². The number of benzene rings is 1. The Labute approximate surface area is 113 Å². The number of ether oxygens (including phenoxy) is 1. The van der Waals surface area contributed by atoms with E-state index < -0.39 is 0 Å². The highest BCUT2D eigenvalue weighted by Gasteiger charge is 2.39. The smallest absolute Gasteiger partial charge is 0.313 e. The largest absolute Gasteiger partial charge is 0.469 e. The summed E-state index contributed by atoms with van der Waals surface area (Å²) < 4.78 is 5.95. The number of methoxy groups -OCH3 is 1. The zero-order chi connectivity index (χ0) is 11.7. The van der Waals surface area contributed by atoms with Crippen LogP contribution in [0.25, 0.3) is 0 Å². The molecule has 2 rings (SSSR count). The van der Waals surface area contributed by atoms with Crippen LogP contribution in [-0.2, 0) is 9.53 Å². The Kier molecular flexibility index (Phi) is 3.74. The summed E-state index contributed by atoms with van der Waals surface area (Å²) in [4.78, 5) is 11.8. The van der Waals surface area contributed by atoms with E-state index in [-0.39, 0.29) is 11.9 Å². The zero-order valence-corrected chi connectivity index (χ0v) is 11.8. The highest BCUT2D eigenvalue weighted by atomic mass is 127. The summed E-state index contributed by atoms with van der Waals surface area (Å²) in [6, 6.07) is 5.66. The van der Waals surface area contributed by atoms with Crippen LogP contribution in [0.1, 0.15) is 24.3 Å². The van der Waals surface area contributed by atoms with Gasteiger partial charge in [-0.1, -0.05) is 11.6 Å². The Morgan fingerprint density at radius 3 is 2.81 bits per heavy atom. The second kappa shape index (κ2) is 4.92. The SMILES string of the molecule is COC(=O)C(c1cc(Cl)ccc1I)C1CC1. The summed E-state index contributed by atoms with van der Waals surface area (Å²) in [7, 11) is 1.44. The summed E-state index contributed by atoms with van der Waals surface area (Å²) >= 11 is 8.22. The minimum absolute atomic E-state index is 0.143. The molecule has 1 aliphatic rings. The average Bonchev–Trinajstić information content (AvgIpc) is 3.07. The molecule has 1 aliphatic carbocycles. The molecule has 0 aromatic heterocycles. The molecular weight excluding hydrogens is 338 g/mol. The lowest BCUT2D eigenvalue weighted by molar-refractivity contribution is -0.143. The predicted molar refractivity (Wildman–Crippen MR) is 71.7 cm³/mol. The quantitative estimate of drug-likeness (QED) is 0.615. The highest BCUT2D eigenvalue weighted by molar-refractivity contribution is 14.1. The maximum Gasteiger partial charge on any atom is 0.313 e. The van der Waals surface area contributed by atoms with Gasteiger partial charge in [0.1, 0.15) is 0 Å². The number of carbonyl (C=O) groups excluding carboxylic acids is 1. The number of esters is 1. The van der Waals surface area contributed by atoms with E-state index in [0.717, 1.165) is 22.0 Å². The fraction of sp³-hybridized carbons (Fsp3) is 0.417. The number of carbonyl (C=O) groups is 1. The van der Waals surface area contributed by atoms with E-state index >= 15 is 0 Å². The van der Waals surface area contributed by atoms with E-state index in [4.69, 9.17) is 16.3 Å². The van der Waals surface area contributed by atoms with Gasteiger partial charge in [-0.15, -0.1) is 0 Å². The van der Waals surface area contributed by atoms with Crippen LogP contribution in [0.15, 0.2) is 18.2 Å². The van der Waals surface area contributed by atoms with E-state index in [0.29, 0.717) is 10.9 Å². The first-order valence-electron chi connectivity index (χ1n) is 5.16. The molecule has 0 radical (unpaired) electrons. The summed E-state index contributed by atoms with van der Waals surface area (Å²) in [5, 5.41) is 0.671. The van der Waals surface area contributed by atoms with Crippen molar-refractivity contribution in [2.75, 3.05) is 7.11 Å². The van der Waals surface area contributed by atoms with Gasteiger partial charge in [0.25, 0.3) is 0 Å². The average molecular weight is 351 g/mol. The van der Waals surface area contributed by atoms with Gasteiger partial charge in [-0.05, 0) is 65.1 Å². The lowest BCUT2D eigenvalue weighted by Crippen LogP contribution is -2.17. The van der Waals surface area contributed by atoms with Gasteiger partial charge in [-0.3, -0.25) is 4.79 Å². The number of hydrogen-bond donors (Lipinski definition) is 0. The van der Waals surface area contributed by atoms with Crippen molar-refractivity contribution in [2.45, 2.75) is 18.8 Å². The lowest BCUT2D eigenvalue weighted by Gasteiger charge is -2.16. The van der Waals surface area contributed by atoms with E-state index in [1.807, 2.05) is 18.2 Å². The molecule has 1 fully saturated rings. The van der Waals surface area contributed by atoms with Crippen molar-refractivity contribution in [1.29, 1.82) is 0 Å². The van der Waals surface area contributed by atoms with Crippen LogP contribution in [0.2, 0.25) is 5.02 Å². The molecule has 1 saturated carbocycles. The Hall–Kier alpha value is -0.290. The first kappa shape index (κ1) is 12.2. The Bertz CT molecular complexity index is 415. The lowest BCUT2D eigenvalue weighted by atomic mass is 9.94. The van der Waals surface area contributed by atoms with Crippen LogP contribution < -0.4 is 0 Å². The summed E-state index contributed by atoms with van der Waals surface area (Å²) in [6.07, 6.45) is 2.20. The van der Waals surface area contributed by atoms with Crippen LogP contribution in [0, 0.1) is 9.49 Å². The predicted octanol–water partition coefficient (Wildman–Crippen LogP) is 3.61. The van der Waals surface area contributed by atoms with Crippen molar-refractivity contribution in [1.82, 2.24) is 0 Å². The van der Waals surface area contributed by atoms with E-state index in [1.165, 1.54) is 7.11 Å². The van der Waals surface area contributed by atoms with Gasteiger partial charge in [0.15, 0.2) is 0 Å². The molecule has 0 amide bonds. The second-order valence-corrected chi connectivity index (χ2v) is 5.60. The first-order chi connectivity index (χ1) is 7.63. The molecule has 1 atom stereocenters. The van der Waals surface area contributed by atoms with E-state index in [2.05, 4.69) is 22.6 Å². The molecule has 1 aromatic rings. The molecule has 16 heavy (non-hydrogen) atoms. The second-order valence-electron chi connectivity index (χ2n) is 4.00. The molecule has 0 N–H and O–H groups in total. The molecule has 1 unspecified atom stereocenters. The summed E-state index contributed by atoms with van der Waals surface area (Å²) in [5.74, 6) is 0.137. The summed E-state index contributed by atoms with van der Waals surface area (Å²) in [6.45, 7) is 0. The molecule has 0 aliphatic heterocycles. The maximum atomic E-state index is 11.8. The van der Waals surface area contributed by atoms with Gasteiger partial charge in [0.05, 0.1) is 13.0 Å². The molecule has 0 bridgehead atoms. The summed E-state index contributed by atoms with van der Waals surface area (Å²) in [5.41, 5.74) is 1.00. The fourth-order valence-corrected chi connectivity index (χ4v) is 2.73. The van der Waals surface area contributed by atoms with Crippen molar-refractivity contribution in [3.05, 3.63) is 32.4 Å². The molecule has 2 nitrogen and oxygen atoms in total. The fourth-order valence-electron chi connectivity index (χ4n) is 1.88. The molecule has 4 heteroatoms. The number of hydrogen-bond acceptors (Lipinski definition) is 2. The third kappa shape index (κ3) is 2.51. The monoisotopic (exact) mass is 350 g/mol. The molecule has 1 aromatic carbocycles. The van der Waals surface area contributed by atoms with E-state index in [9.17, 15) is 4.79 Å². The van der Waals surface area contributed by atoms with Crippen molar-refractivity contribution < 1.29 is 9.53 Å². The van der Waals surface area contributed by atoms with Crippen LogP contribution in [0.4, 0.5) is 0 Å². The number of halogens is 2. The van der Waals surface area contributed by atoms with Crippen LogP contribution in [0.5, 0.6) is 0 Å². The van der Waals surface area contributed by atoms with Gasteiger partial charge in [-0.2, -0.15) is 0 Å². The molecular formula is C12H12ClIO2. The standard InChI is InChI=1S/C12H12ClIO2/c1-16-12(15)11(7-2-3-7)9-6-8(13)4-5-10(9)14/h4-7,11H,2-3H2,1H3. The van der Waals surface area contributed by atoms with Crippen LogP contribution >= 0.6 is 34.2 Å². The van der Waals surface area contributed by atoms with E-state index in [1.54, 1.807) is 0 Å². The van der Waals surface area contributed by atoms with Crippen LogP contribution in [0.3, 0.4) is 0 Å². The maximum absolute atomic E-state index is 11.8. The Morgan fingerprint density at radius 2 is 2.25 bits per heavy atom. The van der Waals surface area contributed by atoms with Crippen molar-refractivity contribution in [2.24, 2.45) is 5.92 Å². The van der Waals surface area contributed by atoms with Gasteiger partial charge >= 0.3 is 5.97 Å². The van der Waals surface area contributed by atoms with Crippen molar-refractivity contribution >= 4 is 40.2 Å². The molecule has 0 saturated heterocycles. The van der Waals surface area contributed by atoms with Gasteiger partial charge in [-0.25, -0.2) is 0 Å². The topological polar surface area (TPSA) is 26.3 Å². The van der Waals surface area contributed by atoms with Gasteiger partial charge < -0.3 is 4.74 Å². The Morgan fingerprint density at radius 1 is 1.56 bits per heavy atom. The molecule has 86 valence electrons. The zero-order valence-electron chi connectivity index (χ0n) is 8.87. The number of rotatable bonds is 3. The highest BCUT2D eigenvalue weighted by Crippen LogP contribution is 2.44. The first-order valence-corrected chi connectivity index (χ1v) is 6.62.